The lowest BCUT2D eigenvalue weighted by Gasteiger charge is -2.06. The number of hydrogen-bond donors (Lipinski definition) is 3. The molecular weight excluding hydrogens is 270 g/mol. The molecular formula is C15H15N3O3. The number of hydrogen-bond acceptors (Lipinski definition) is 4. The van der Waals surface area contributed by atoms with E-state index in [1.807, 2.05) is 54.6 Å². The molecule has 0 saturated carbocycles. The molecule has 0 unspecified atom stereocenters. The fourth-order valence-corrected chi connectivity index (χ4v) is 1.58. The van der Waals surface area contributed by atoms with Crippen LogP contribution in [0.15, 0.2) is 59.7 Å². The molecule has 21 heavy (non-hydrogen) atoms. The van der Waals surface area contributed by atoms with Crippen LogP contribution in [0.3, 0.4) is 0 Å². The highest BCUT2D eigenvalue weighted by molar-refractivity contribution is 5.81. The van der Waals surface area contributed by atoms with Crippen molar-refractivity contribution in [2.75, 3.05) is 0 Å². The second kappa shape index (κ2) is 7.66. The maximum atomic E-state index is 10.7. The molecule has 0 radical (unpaired) electrons. The molecule has 0 atom stereocenters. The molecule has 0 aliphatic rings. The fraction of sp³-hybridized carbons (Fsp3) is 0.0667. The molecule has 0 fully saturated rings. The second-order valence-corrected chi connectivity index (χ2v) is 4.15. The van der Waals surface area contributed by atoms with E-state index in [-0.39, 0.29) is 0 Å². The third-order valence-corrected chi connectivity index (χ3v) is 2.61. The van der Waals surface area contributed by atoms with E-state index in [2.05, 4.69) is 10.5 Å². The molecule has 0 aliphatic carbocycles. The molecule has 2 aromatic rings. The van der Waals surface area contributed by atoms with Crippen LogP contribution in [-0.2, 0) is 6.61 Å². The third kappa shape index (κ3) is 4.96. The van der Waals surface area contributed by atoms with Crippen LogP contribution in [-0.4, -0.2) is 17.5 Å². The first-order valence-electron chi connectivity index (χ1n) is 6.28. The molecule has 6 heteroatoms. The Hall–Kier alpha value is -2.86. The summed E-state index contributed by atoms with van der Waals surface area (Å²) in [6, 6.07) is 16.3. The van der Waals surface area contributed by atoms with Gasteiger partial charge in [-0.3, -0.25) is 5.21 Å². The molecule has 2 amide bonds. The van der Waals surface area contributed by atoms with Crippen molar-refractivity contribution in [3.8, 4) is 5.75 Å². The molecule has 0 saturated heterocycles. The highest BCUT2D eigenvalue weighted by Gasteiger charge is 1.96. The number of urea groups is 1. The van der Waals surface area contributed by atoms with E-state index in [0.29, 0.717) is 6.61 Å². The Morgan fingerprint density at radius 3 is 2.52 bits per heavy atom. The molecule has 0 bridgehead atoms. The Morgan fingerprint density at radius 1 is 1.14 bits per heavy atom. The SMILES string of the molecule is O=C(NO)N/N=C/c1ccc(OCc2ccccc2)cc1. The Balaban J connectivity index is 1.85. The molecule has 3 N–H and O–H groups in total. The minimum Gasteiger partial charge on any atom is -0.489 e. The maximum Gasteiger partial charge on any atom is 0.358 e. The van der Waals surface area contributed by atoms with Crippen LogP contribution < -0.4 is 15.6 Å². The zero-order valence-electron chi connectivity index (χ0n) is 11.2. The average Bonchev–Trinajstić information content (AvgIpc) is 2.55. The smallest absolute Gasteiger partial charge is 0.358 e. The van der Waals surface area contributed by atoms with Crippen molar-refractivity contribution >= 4 is 12.2 Å². The van der Waals surface area contributed by atoms with Crippen LogP contribution >= 0.6 is 0 Å². The molecule has 2 rings (SSSR count). The number of nitrogens with zero attached hydrogens (tertiary/aromatic N) is 1. The number of nitrogens with one attached hydrogen (secondary N) is 2. The van der Waals surface area contributed by atoms with Crippen molar-refractivity contribution in [1.82, 2.24) is 10.9 Å². The zero-order valence-corrected chi connectivity index (χ0v) is 11.2. The lowest BCUT2D eigenvalue weighted by Crippen LogP contribution is -2.29. The molecule has 2 aromatic carbocycles. The number of hydrazone groups is 1. The highest BCUT2D eigenvalue weighted by atomic mass is 16.5. The standard InChI is InChI=1S/C15H15N3O3/c19-15(18-20)17-16-10-12-6-8-14(9-7-12)21-11-13-4-2-1-3-5-13/h1-10,20H,11H2,(H2,17,18,19)/b16-10+. The number of benzene rings is 2. The third-order valence-electron chi connectivity index (χ3n) is 2.61. The van der Waals surface area contributed by atoms with Crippen molar-refractivity contribution in [3.05, 3.63) is 65.7 Å². The molecule has 0 heterocycles. The van der Waals surface area contributed by atoms with Crippen LogP contribution in [0.1, 0.15) is 11.1 Å². The summed E-state index contributed by atoms with van der Waals surface area (Å²) in [4.78, 5) is 10.7. The monoisotopic (exact) mass is 285 g/mol. The van der Waals surface area contributed by atoms with Gasteiger partial charge < -0.3 is 4.74 Å². The average molecular weight is 285 g/mol. The van der Waals surface area contributed by atoms with Crippen LogP contribution in [0, 0.1) is 0 Å². The normalized spacial score (nSPS) is 10.3. The first-order valence-corrected chi connectivity index (χ1v) is 6.28. The predicted octanol–water partition coefficient (Wildman–Crippen LogP) is 2.29. The van der Waals surface area contributed by atoms with Crippen LogP contribution in [0.5, 0.6) is 5.75 Å². The summed E-state index contributed by atoms with van der Waals surface area (Å²) in [5.74, 6) is 0.747. The zero-order chi connectivity index (χ0) is 14.9. The largest absolute Gasteiger partial charge is 0.489 e. The quantitative estimate of drug-likeness (QED) is 0.448. The van der Waals surface area contributed by atoms with E-state index in [4.69, 9.17) is 9.94 Å². The van der Waals surface area contributed by atoms with Gasteiger partial charge in [0.1, 0.15) is 12.4 Å². The summed E-state index contributed by atoms with van der Waals surface area (Å²) < 4.78 is 5.65. The van der Waals surface area contributed by atoms with Gasteiger partial charge in [-0.1, -0.05) is 30.3 Å². The van der Waals surface area contributed by atoms with Gasteiger partial charge in [0.15, 0.2) is 0 Å². The number of rotatable bonds is 5. The van der Waals surface area contributed by atoms with E-state index in [1.54, 1.807) is 0 Å². The van der Waals surface area contributed by atoms with Crippen molar-refractivity contribution in [3.63, 3.8) is 0 Å². The summed E-state index contributed by atoms with van der Waals surface area (Å²) in [7, 11) is 0. The van der Waals surface area contributed by atoms with E-state index in [9.17, 15) is 4.79 Å². The van der Waals surface area contributed by atoms with Crippen molar-refractivity contribution in [2.45, 2.75) is 6.61 Å². The number of carbonyl (C=O) groups is 1. The van der Waals surface area contributed by atoms with Gasteiger partial charge >= 0.3 is 6.03 Å². The molecule has 108 valence electrons. The number of hydroxylamine groups is 1. The lowest BCUT2D eigenvalue weighted by molar-refractivity contribution is 0.162. The maximum absolute atomic E-state index is 10.7. The van der Waals surface area contributed by atoms with E-state index >= 15 is 0 Å². The van der Waals surface area contributed by atoms with Gasteiger partial charge in [0.05, 0.1) is 6.21 Å². The number of ether oxygens (including phenoxy) is 1. The number of carbonyl (C=O) groups excluding carboxylic acids is 1. The van der Waals surface area contributed by atoms with Gasteiger partial charge in [-0.2, -0.15) is 5.10 Å². The van der Waals surface area contributed by atoms with Crippen molar-refractivity contribution in [2.24, 2.45) is 5.10 Å². The first-order chi connectivity index (χ1) is 10.3. The molecule has 0 aromatic heterocycles. The summed E-state index contributed by atoms with van der Waals surface area (Å²) >= 11 is 0. The summed E-state index contributed by atoms with van der Waals surface area (Å²) in [6.45, 7) is 0.506. The van der Waals surface area contributed by atoms with Gasteiger partial charge in [0, 0.05) is 0 Å². The summed E-state index contributed by atoms with van der Waals surface area (Å²) in [5.41, 5.74) is 5.38. The van der Waals surface area contributed by atoms with Crippen LogP contribution in [0.2, 0.25) is 0 Å². The van der Waals surface area contributed by atoms with Crippen molar-refractivity contribution < 1.29 is 14.7 Å². The van der Waals surface area contributed by atoms with Crippen LogP contribution in [0.25, 0.3) is 0 Å². The van der Waals surface area contributed by atoms with Crippen molar-refractivity contribution in [1.29, 1.82) is 0 Å². The van der Waals surface area contributed by atoms with E-state index in [0.717, 1.165) is 16.9 Å². The fourth-order valence-electron chi connectivity index (χ4n) is 1.58. The van der Waals surface area contributed by atoms with Gasteiger partial charge in [-0.25, -0.2) is 15.7 Å². The van der Waals surface area contributed by atoms with Gasteiger partial charge in [0.2, 0.25) is 0 Å². The van der Waals surface area contributed by atoms with Crippen LogP contribution in [0.4, 0.5) is 4.79 Å². The molecule has 6 nitrogen and oxygen atoms in total. The Labute approximate surface area is 122 Å². The lowest BCUT2D eigenvalue weighted by atomic mass is 10.2. The minimum absolute atomic E-state index is 0.506. The van der Waals surface area contributed by atoms with Gasteiger partial charge in [0.25, 0.3) is 0 Å². The highest BCUT2D eigenvalue weighted by Crippen LogP contribution is 2.13. The topological polar surface area (TPSA) is 83.0 Å². The van der Waals surface area contributed by atoms with E-state index < -0.39 is 6.03 Å². The first kappa shape index (κ1) is 14.5. The molecule has 0 aliphatic heterocycles. The summed E-state index contributed by atoms with van der Waals surface area (Å²) in [6.07, 6.45) is 1.45. The Morgan fingerprint density at radius 2 is 1.86 bits per heavy atom. The molecule has 0 spiro atoms. The Kier molecular flexibility index (Phi) is 5.31. The van der Waals surface area contributed by atoms with E-state index in [1.165, 1.54) is 11.7 Å². The summed E-state index contributed by atoms with van der Waals surface area (Å²) in [5, 5.41) is 11.9. The van der Waals surface area contributed by atoms with Gasteiger partial charge in [-0.15, -0.1) is 0 Å². The predicted molar refractivity (Wildman–Crippen MR) is 78.3 cm³/mol. The second-order valence-electron chi connectivity index (χ2n) is 4.15. The Bertz CT molecular complexity index is 597. The number of amides is 2. The van der Waals surface area contributed by atoms with Gasteiger partial charge in [-0.05, 0) is 35.4 Å². The minimum atomic E-state index is -0.797.